The molecule has 0 radical (unpaired) electrons. The van der Waals surface area contributed by atoms with Gasteiger partial charge >= 0.3 is 0 Å². The van der Waals surface area contributed by atoms with Gasteiger partial charge in [-0.1, -0.05) is 31.9 Å². The van der Waals surface area contributed by atoms with E-state index in [2.05, 4.69) is 17.6 Å². The Morgan fingerprint density at radius 1 is 1.24 bits per heavy atom. The van der Waals surface area contributed by atoms with Crippen molar-refractivity contribution in [2.45, 2.75) is 52.1 Å². The maximum absolute atomic E-state index is 13.4. The monoisotopic (exact) mass is 342 g/mol. The molecule has 3 rings (SSSR count). The van der Waals surface area contributed by atoms with E-state index in [-0.39, 0.29) is 11.7 Å². The summed E-state index contributed by atoms with van der Waals surface area (Å²) in [5.41, 5.74) is 2.04. The molecule has 3 nitrogen and oxygen atoms in total. The molecule has 0 bridgehead atoms. The first-order valence-corrected chi connectivity index (χ1v) is 9.34. The SMILES string of the molecule is CCCCCN(Cc1cccn1Cc1cccc(F)c1)C(=O)C1CC1. The van der Waals surface area contributed by atoms with Crippen LogP contribution in [0.1, 0.15) is 50.3 Å². The number of amides is 1. The summed E-state index contributed by atoms with van der Waals surface area (Å²) in [6.45, 7) is 4.27. The fourth-order valence-corrected chi connectivity index (χ4v) is 3.18. The fourth-order valence-electron chi connectivity index (χ4n) is 3.18. The van der Waals surface area contributed by atoms with Gasteiger partial charge in [0.1, 0.15) is 5.82 Å². The van der Waals surface area contributed by atoms with Crippen LogP contribution >= 0.6 is 0 Å². The second-order valence-corrected chi connectivity index (χ2v) is 7.00. The van der Waals surface area contributed by atoms with Gasteiger partial charge in [0.2, 0.25) is 5.91 Å². The molecule has 134 valence electrons. The topological polar surface area (TPSA) is 25.2 Å². The van der Waals surface area contributed by atoms with Crippen LogP contribution in [0.25, 0.3) is 0 Å². The van der Waals surface area contributed by atoms with Gasteiger partial charge in [-0.2, -0.15) is 0 Å². The van der Waals surface area contributed by atoms with Gasteiger partial charge in [-0.25, -0.2) is 4.39 Å². The summed E-state index contributed by atoms with van der Waals surface area (Å²) in [7, 11) is 0. The van der Waals surface area contributed by atoms with E-state index in [1.807, 2.05) is 23.2 Å². The summed E-state index contributed by atoms with van der Waals surface area (Å²) < 4.78 is 15.5. The number of nitrogens with zero attached hydrogens (tertiary/aromatic N) is 2. The van der Waals surface area contributed by atoms with Gasteiger partial charge in [0.05, 0.1) is 6.54 Å². The van der Waals surface area contributed by atoms with Gasteiger partial charge in [-0.15, -0.1) is 0 Å². The number of rotatable bonds is 9. The standard InChI is InChI=1S/C21H27FN2O/c1-2-3-4-12-24(21(25)18-10-11-18)16-20-9-6-13-23(20)15-17-7-5-8-19(22)14-17/h5-9,13-14,18H,2-4,10-12,15-16H2,1H3. The third kappa shape index (κ3) is 4.94. The van der Waals surface area contributed by atoms with E-state index in [1.165, 1.54) is 6.07 Å². The van der Waals surface area contributed by atoms with E-state index in [9.17, 15) is 9.18 Å². The zero-order valence-corrected chi connectivity index (χ0v) is 15.0. The molecule has 4 heteroatoms. The number of hydrogen-bond donors (Lipinski definition) is 0. The highest BCUT2D eigenvalue weighted by atomic mass is 19.1. The summed E-state index contributed by atoms with van der Waals surface area (Å²) in [5, 5.41) is 0. The van der Waals surface area contributed by atoms with Crippen molar-refractivity contribution >= 4 is 5.91 Å². The van der Waals surface area contributed by atoms with Gasteiger partial charge in [-0.05, 0) is 49.1 Å². The van der Waals surface area contributed by atoms with Crippen molar-refractivity contribution in [3.63, 3.8) is 0 Å². The first kappa shape index (κ1) is 17.7. The van der Waals surface area contributed by atoms with Crippen LogP contribution in [0.5, 0.6) is 0 Å². The average molecular weight is 342 g/mol. The van der Waals surface area contributed by atoms with E-state index >= 15 is 0 Å². The van der Waals surface area contributed by atoms with Crippen LogP contribution in [-0.2, 0) is 17.9 Å². The molecule has 0 atom stereocenters. The van der Waals surface area contributed by atoms with E-state index in [0.717, 1.165) is 49.9 Å². The molecule has 1 aliphatic carbocycles. The van der Waals surface area contributed by atoms with Crippen molar-refractivity contribution in [3.8, 4) is 0 Å². The van der Waals surface area contributed by atoms with Crippen LogP contribution in [0.15, 0.2) is 42.6 Å². The van der Waals surface area contributed by atoms with Crippen molar-refractivity contribution < 1.29 is 9.18 Å². The highest BCUT2D eigenvalue weighted by Crippen LogP contribution is 2.31. The summed E-state index contributed by atoms with van der Waals surface area (Å²) in [6.07, 6.45) is 7.44. The molecule has 25 heavy (non-hydrogen) atoms. The normalized spacial score (nSPS) is 13.8. The number of hydrogen-bond acceptors (Lipinski definition) is 1. The minimum Gasteiger partial charge on any atom is -0.345 e. The molecule has 1 aromatic heterocycles. The molecule has 0 saturated heterocycles. The molecule has 0 N–H and O–H groups in total. The Hall–Kier alpha value is -2.10. The summed E-state index contributed by atoms with van der Waals surface area (Å²) in [4.78, 5) is 14.6. The quantitative estimate of drug-likeness (QED) is 0.611. The first-order chi connectivity index (χ1) is 12.2. The van der Waals surface area contributed by atoms with Crippen LogP contribution < -0.4 is 0 Å². The molecule has 0 aliphatic heterocycles. The maximum atomic E-state index is 13.4. The van der Waals surface area contributed by atoms with Crippen molar-refractivity contribution in [2.24, 2.45) is 5.92 Å². The lowest BCUT2D eigenvalue weighted by molar-refractivity contribution is -0.133. The molecule has 0 spiro atoms. The smallest absolute Gasteiger partial charge is 0.226 e. The van der Waals surface area contributed by atoms with Gasteiger partial charge in [0.25, 0.3) is 0 Å². The van der Waals surface area contributed by atoms with Crippen LogP contribution in [0, 0.1) is 11.7 Å². The Morgan fingerprint density at radius 3 is 2.80 bits per heavy atom. The first-order valence-electron chi connectivity index (χ1n) is 9.34. The Kier molecular flexibility index (Phi) is 5.90. The molecule has 2 aromatic rings. The number of carbonyl (C=O) groups is 1. The molecule has 1 amide bonds. The van der Waals surface area contributed by atoms with E-state index < -0.39 is 0 Å². The molecule has 0 unspecified atom stereocenters. The number of benzene rings is 1. The van der Waals surface area contributed by atoms with Gasteiger partial charge in [0.15, 0.2) is 0 Å². The highest BCUT2D eigenvalue weighted by molar-refractivity contribution is 5.81. The predicted octanol–water partition coefficient (Wildman–Crippen LogP) is 4.60. The van der Waals surface area contributed by atoms with Crippen molar-refractivity contribution in [3.05, 3.63) is 59.7 Å². The molecule has 1 aliphatic rings. The van der Waals surface area contributed by atoms with E-state index in [1.54, 1.807) is 12.1 Å². The summed E-state index contributed by atoms with van der Waals surface area (Å²) >= 11 is 0. The number of aromatic nitrogens is 1. The maximum Gasteiger partial charge on any atom is 0.226 e. The molecular weight excluding hydrogens is 315 g/mol. The fraction of sp³-hybridized carbons (Fsp3) is 0.476. The third-order valence-corrected chi connectivity index (χ3v) is 4.79. The van der Waals surface area contributed by atoms with E-state index in [0.29, 0.717) is 19.0 Å². The molecule has 1 aromatic carbocycles. The Bertz CT molecular complexity index is 705. The third-order valence-electron chi connectivity index (χ3n) is 4.79. The lowest BCUT2D eigenvalue weighted by Gasteiger charge is -2.24. The van der Waals surface area contributed by atoms with Crippen molar-refractivity contribution in [1.29, 1.82) is 0 Å². The molecule has 1 fully saturated rings. The van der Waals surface area contributed by atoms with Gasteiger partial charge in [0, 0.05) is 30.9 Å². The van der Waals surface area contributed by atoms with Crippen LogP contribution in [-0.4, -0.2) is 21.9 Å². The second kappa shape index (κ2) is 8.32. The largest absolute Gasteiger partial charge is 0.345 e. The zero-order valence-electron chi connectivity index (χ0n) is 15.0. The number of unbranched alkanes of at least 4 members (excludes halogenated alkanes) is 2. The van der Waals surface area contributed by atoms with Crippen molar-refractivity contribution in [2.75, 3.05) is 6.54 Å². The Balaban J connectivity index is 1.69. The summed E-state index contributed by atoms with van der Waals surface area (Å²) in [5.74, 6) is 0.333. The second-order valence-electron chi connectivity index (χ2n) is 7.00. The van der Waals surface area contributed by atoms with E-state index in [4.69, 9.17) is 0 Å². The predicted molar refractivity (Wildman–Crippen MR) is 97.6 cm³/mol. The molecule has 1 heterocycles. The lowest BCUT2D eigenvalue weighted by Crippen LogP contribution is -2.33. The minimum absolute atomic E-state index is 0.212. The zero-order chi connectivity index (χ0) is 17.6. The molecule has 1 saturated carbocycles. The number of halogens is 1. The van der Waals surface area contributed by atoms with Crippen LogP contribution in [0.4, 0.5) is 4.39 Å². The highest BCUT2D eigenvalue weighted by Gasteiger charge is 2.33. The number of carbonyl (C=O) groups excluding carboxylic acids is 1. The van der Waals surface area contributed by atoms with Gasteiger partial charge in [-0.3, -0.25) is 4.79 Å². The lowest BCUT2D eigenvalue weighted by atomic mass is 10.2. The summed E-state index contributed by atoms with van der Waals surface area (Å²) in [6, 6.07) is 10.8. The van der Waals surface area contributed by atoms with Gasteiger partial charge < -0.3 is 9.47 Å². The average Bonchev–Trinajstić information content (AvgIpc) is 3.36. The van der Waals surface area contributed by atoms with Crippen molar-refractivity contribution in [1.82, 2.24) is 9.47 Å². The molecular formula is C21H27FN2O. The van der Waals surface area contributed by atoms with Crippen LogP contribution in [0.3, 0.4) is 0 Å². The Morgan fingerprint density at radius 2 is 2.08 bits per heavy atom. The van der Waals surface area contributed by atoms with Crippen LogP contribution in [0.2, 0.25) is 0 Å². The Labute approximate surface area is 149 Å². The minimum atomic E-state index is -0.212.